The molecule has 6 nitrogen and oxygen atoms in total. The molecule has 6 heteroatoms. The van der Waals surface area contributed by atoms with Gasteiger partial charge in [-0.3, -0.25) is 14.6 Å². The first-order valence-corrected chi connectivity index (χ1v) is 11.4. The Labute approximate surface area is 190 Å². The summed E-state index contributed by atoms with van der Waals surface area (Å²) in [5, 5.41) is 0. The molecule has 0 amide bonds. The SMILES string of the molecule is CCCCc1nc(C)c(-c2ccc(OC)cc2)c2c1CC(C(=O)OCC)(C(=O)OCC)C2. The van der Waals surface area contributed by atoms with Gasteiger partial charge >= 0.3 is 11.9 Å². The van der Waals surface area contributed by atoms with E-state index in [-0.39, 0.29) is 26.1 Å². The summed E-state index contributed by atoms with van der Waals surface area (Å²) in [4.78, 5) is 31.2. The number of aromatic nitrogens is 1. The second kappa shape index (κ2) is 10.2. The summed E-state index contributed by atoms with van der Waals surface area (Å²) in [7, 11) is 1.63. The van der Waals surface area contributed by atoms with Crippen LogP contribution in [0, 0.1) is 12.3 Å². The Kier molecular flexibility index (Phi) is 7.54. The molecular formula is C26H33NO5. The van der Waals surface area contributed by atoms with Gasteiger partial charge in [0.2, 0.25) is 0 Å². The van der Waals surface area contributed by atoms with Crippen molar-refractivity contribution in [1.82, 2.24) is 4.98 Å². The fraction of sp³-hybridized carbons (Fsp3) is 0.500. The predicted molar refractivity (Wildman–Crippen MR) is 123 cm³/mol. The van der Waals surface area contributed by atoms with Crippen molar-refractivity contribution in [3.63, 3.8) is 0 Å². The molecule has 0 unspecified atom stereocenters. The van der Waals surface area contributed by atoms with Crippen LogP contribution in [-0.2, 0) is 38.3 Å². The Morgan fingerprint density at radius 1 is 0.969 bits per heavy atom. The van der Waals surface area contributed by atoms with Gasteiger partial charge in [-0.05, 0) is 62.4 Å². The summed E-state index contributed by atoms with van der Waals surface area (Å²) in [5.74, 6) is -0.271. The number of methoxy groups -OCH3 is 1. The van der Waals surface area contributed by atoms with Gasteiger partial charge in [-0.2, -0.15) is 0 Å². The van der Waals surface area contributed by atoms with Crippen LogP contribution >= 0.6 is 0 Å². The number of nitrogens with zero attached hydrogens (tertiary/aromatic N) is 1. The lowest BCUT2D eigenvalue weighted by atomic mass is 9.84. The van der Waals surface area contributed by atoms with E-state index in [2.05, 4.69) is 6.92 Å². The van der Waals surface area contributed by atoms with Crippen LogP contribution < -0.4 is 4.74 Å². The number of esters is 2. The molecule has 0 spiro atoms. The first kappa shape index (κ1) is 23.8. The van der Waals surface area contributed by atoms with Gasteiger partial charge in [0.1, 0.15) is 5.75 Å². The average molecular weight is 440 g/mol. The third-order valence-corrected chi connectivity index (χ3v) is 6.11. The van der Waals surface area contributed by atoms with E-state index in [4.69, 9.17) is 19.2 Å². The number of benzene rings is 1. The summed E-state index contributed by atoms with van der Waals surface area (Å²) in [6.07, 6.45) is 3.35. The average Bonchev–Trinajstić information content (AvgIpc) is 3.20. The monoisotopic (exact) mass is 439 g/mol. The smallest absolute Gasteiger partial charge is 0.324 e. The molecule has 1 heterocycles. The zero-order valence-corrected chi connectivity index (χ0v) is 19.7. The first-order valence-electron chi connectivity index (χ1n) is 11.4. The van der Waals surface area contributed by atoms with E-state index in [0.717, 1.165) is 58.7 Å². The third-order valence-electron chi connectivity index (χ3n) is 6.11. The van der Waals surface area contributed by atoms with Gasteiger partial charge in [0.05, 0.1) is 20.3 Å². The Hall–Kier alpha value is -2.89. The van der Waals surface area contributed by atoms with Gasteiger partial charge in [0.15, 0.2) is 5.41 Å². The summed E-state index contributed by atoms with van der Waals surface area (Å²) >= 11 is 0. The molecule has 0 saturated carbocycles. The lowest BCUT2D eigenvalue weighted by Gasteiger charge is -2.24. The fourth-order valence-corrected chi connectivity index (χ4v) is 4.54. The topological polar surface area (TPSA) is 74.7 Å². The number of rotatable bonds is 9. The van der Waals surface area contributed by atoms with E-state index in [0.29, 0.717) is 0 Å². The van der Waals surface area contributed by atoms with Crippen LogP contribution in [0.25, 0.3) is 11.1 Å². The van der Waals surface area contributed by atoms with E-state index < -0.39 is 17.4 Å². The van der Waals surface area contributed by atoms with Gasteiger partial charge in [-0.1, -0.05) is 25.5 Å². The highest BCUT2D eigenvalue weighted by Gasteiger charge is 2.54. The van der Waals surface area contributed by atoms with Crippen molar-refractivity contribution in [2.24, 2.45) is 5.41 Å². The standard InChI is InChI=1S/C26H33NO5/c1-6-9-10-22-20-15-26(24(28)31-7-2,25(29)32-8-3)16-21(20)23(17(4)27-22)18-11-13-19(30-5)14-12-18/h11-14H,6-10,15-16H2,1-5H3. The lowest BCUT2D eigenvalue weighted by molar-refractivity contribution is -0.171. The highest BCUT2D eigenvalue weighted by Crippen LogP contribution is 2.45. The molecule has 1 aliphatic rings. The molecule has 1 aromatic carbocycles. The maximum Gasteiger partial charge on any atom is 0.324 e. The first-order chi connectivity index (χ1) is 15.4. The van der Waals surface area contributed by atoms with Gasteiger partial charge in [-0.15, -0.1) is 0 Å². The molecule has 0 fully saturated rings. The number of hydrogen-bond donors (Lipinski definition) is 0. The van der Waals surface area contributed by atoms with Crippen molar-refractivity contribution in [3.05, 3.63) is 46.8 Å². The lowest BCUT2D eigenvalue weighted by Crippen LogP contribution is -2.43. The maximum absolute atomic E-state index is 13.1. The third kappa shape index (κ3) is 4.36. The summed E-state index contributed by atoms with van der Waals surface area (Å²) in [5.41, 5.74) is 4.42. The normalized spacial score (nSPS) is 14.0. The zero-order chi connectivity index (χ0) is 23.3. The van der Waals surface area contributed by atoms with E-state index >= 15 is 0 Å². The number of ether oxygens (including phenoxy) is 3. The highest BCUT2D eigenvalue weighted by atomic mass is 16.6. The van der Waals surface area contributed by atoms with Crippen molar-refractivity contribution in [3.8, 4) is 16.9 Å². The van der Waals surface area contributed by atoms with Crippen LogP contribution in [-0.4, -0.2) is 37.2 Å². The van der Waals surface area contributed by atoms with Gasteiger partial charge in [0.25, 0.3) is 0 Å². The fourth-order valence-electron chi connectivity index (χ4n) is 4.54. The molecule has 2 aromatic rings. The van der Waals surface area contributed by atoms with Crippen LogP contribution in [0.3, 0.4) is 0 Å². The molecule has 0 aliphatic heterocycles. The zero-order valence-electron chi connectivity index (χ0n) is 19.7. The number of carbonyl (C=O) groups is 2. The molecule has 0 atom stereocenters. The van der Waals surface area contributed by atoms with Crippen molar-refractivity contribution >= 4 is 11.9 Å². The van der Waals surface area contributed by atoms with E-state index in [1.54, 1.807) is 21.0 Å². The van der Waals surface area contributed by atoms with Crippen molar-refractivity contribution < 1.29 is 23.8 Å². The minimum absolute atomic E-state index is 0.210. The summed E-state index contributed by atoms with van der Waals surface area (Å²) in [6.45, 7) is 8.05. The maximum atomic E-state index is 13.1. The molecule has 3 rings (SSSR count). The van der Waals surface area contributed by atoms with Crippen LogP contribution in [0.2, 0.25) is 0 Å². The summed E-state index contributed by atoms with van der Waals surface area (Å²) < 4.78 is 16.1. The Balaban J connectivity index is 2.19. The molecule has 172 valence electrons. The number of pyridine rings is 1. The number of fused-ring (bicyclic) bond motifs is 1. The molecule has 0 bridgehead atoms. The van der Waals surface area contributed by atoms with Gasteiger partial charge in [0, 0.05) is 29.8 Å². The van der Waals surface area contributed by atoms with Crippen molar-refractivity contribution in [1.29, 1.82) is 0 Å². The number of hydrogen-bond acceptors (Lipinski definition) is 6. The van der Waals surface area contributed by atoms with E-state index in [1.165, 1.54) is 0 Å². The van der Waals surface area contributed by atoms with Gasteiger partial charge in [-0.25, -0.2) is 0 Å². The predicted octanol–water partition coefficient (Wildman–Crippen LogP) is 4.62. The van der Waals surface area contributed by atoms with Crippen LogP contribution in [0.15, 0.2) is 24.3 Å². The minimum Gasteiger partial charge on any atom is -0.497 e. The van der Waals surface area contributed by atoms with E-state index in [9.17, 15) is 9.59 Å². The second-order valence-corrected chi connectivity index (χ2v) is 8.18. The minimum atomic E-state index is -1.37. The Morgan fingerprint density at radius 2 is 1.56 bits per heavy atom. The quantitative estimate of drug-likeness (QED) is 0.419. The van der Waals surface area contributed by atoms with E-state index in [1.807, 2.05) is 31.2 Å². The molecule has 32 heavy (non-hydrogen) atoms. The highest BCUT2D eigenvalue weighted by molar-refractivity contribution is 6.02. The van der Waals surface area contributed by atoms with Crippen LogP contribution in [0.1, 0.15) is 56.1 Å². The van der Waals surface area contributed by atoms with Crippen LogP contribution in [0.5, 0.6) is 5.75 Å². The number of unbranched alkanes of at least 4 members (excludes halogenated alkanes) is 1. The van der Waals surface area contributed by atoms with Crippen molar-refractivity contribution in [2.75, 3.05) is 20.3 Å². The Morgan fingerprint density at radius 3 is 2.09 bits per heavy atom. The molecule has 0 saturated heterocycles. The van der Waals surface area contributed by atoms with Gasteiger partial charge < -0.3 is 14.2 Å². The molecule has 1 aliphatic carbocycles. The van der Waals surface area contributed by atoms with Crippen molar-refractivity contribution in [2.45, 2.75) is 59.8 Å². The van der Waals surface area contributed by atoms with Crippen LogP contribution in [0.4, 0.5) is 0 Å². The number of aryl methyl sites for hydroxylation is 2. The second-order valence-electron chi connectivity index (χ2n) is 8.18. The Bertz CT molecular complexity index is 963. The molecule has 0 N–H and O–H groups in total. The number of carbonyl (C=O) groups excluding carboxylic acids is 2. The molecule has 0 radical (unpaired) electrons. The molecular weight excluding hydrogens is 406 g/mol. The largest absolute Gasteiger partial charge is 0.497 e. The molecule has 1 aromatic heterocycles. The summed E-state index contributed by atoms with van der Waals surface area (Å²) in [6, 6.07) is 7.79.